The van der Waals surface area contributed by atoms with Gasteiger partial charge in [0, 0.05) is 11.8 Å². The number of hydrogen-bond acceptors (Lipinski definition) is 3. The van der Waals surface area contributed by atoms with E-state index in [0.717, 1.165) is 11.0 Å². The zero-order valence-corrected chi connectivity index (χ0v) is 10.8. The van der Waals surface area contributed by atoms with Crippen molar-refractivity contribution in [1.29, 1.82) is 0 Å². The number of carbonyl (C=O) groups excluding carboxylic acids is 1. The van der Waals surface area contributed by atoms with Crippen molar-refractivity contribution < 1.29 is 4.79 Å². The predicted molar refractivity (Wildman–Crippen MR) is 62.7 cm³/mol. The molecule has 0 fully saturated rings. The Hall–Kier alpha value is -0.420. The fourth-order valence-electron chi connectivity index (χ4n) is 1.03. The molecule has 0 bridgehead atoms. The number of thiazole rings is 1. The minimum atomic E-state index is -0.0812. The first-order chi connectivity index (χ1) is 6.49. The molecule has 1 aromatic rings. The molecule has 5 heteroatoms. The highest BCUT2D eigenvalue weighted by Gasteiger charge is 2.10. The van der Waals surface area contributed by atoms with Gasteiger partial charge in [0.25, 0.3) is 0 Å². The van der Waals surface area contributed by atoms with Crippen LogP contribution in [0.4, 0.5) is 5.13 Å². The van der Waals surface area contributed by atoms with Gasteiger partial charge >= 0.3 is 0 Å². The van der Waals surface area contributed by atoms with Crippen LogP contribution in [0.3, 0.4) is 0 Å². The van der Waals surface area contributed by atoms with E-state index in [9.17, 15) is 4.79 Å². The number of aromatic nitrogens is 1. The minimum absolute atomic E-state index is 0.0812. The zero-order chi connectivity index (χ0) is 10.7. The molecule has 3 nitrogen and oxygen atoms in total. The standard InChI is InChI=1S/C9H13BrN2OS/c1-5(2)4-7-8(10)12-9(14-7)11-6(3)13/h5H,4H2,1-3H3,(H,11,12,13). The summed E-state index contributed by atoms with van der Waals surface area (Å²) >= 11 is 4.91. The number of amides is 1. The summed E-state index contributed by atoms with van der Waals surface area (Å²) in [5.41, 5.74) is 0. The van der Waals surface area contributed by atoms with E-state index in [1.54, 1.807) is 0 Å². The third kappa shape index (κ3) is 3.38. The van der Waals surface area contributed by atoms with Crippen molar-refractivity contribution in [3.63, 3.8) is 0 Å². The molecule has 0 saturated carbocycles. The van der Waals surface area contributed by atoms with Crippen LogP contribution < -0.4 is 5.32 Å². The maximum Gasteiger partial charge on any atom is 0.223 e. The molecule has 0 aliphatic heterocycles. The maximum absolute atomic E-state index is 10.8. The Morgan fingerprint density at radius 3 is 2.79 bits per heavy atom. The van der Waals surface area contributed by atoms with Crippen molar-refractivity contribution >= 4 is 38.3 Å². The Kier molecular flexibility index (Phi) is 4.07. The first-order valence-electron chi connectivity index (χ1n) is 4.42. The second-order valence-electron chi connectivity index (χ2n) is 3.51. The summed E-state index contributed by atoms with van der Waals surface area (Å²) in [5.74, 6) is 0.513. The first kappa shape index (κ1) is 11.7. The quantitative estimate of drug-likeness (QED) is 0.922. The molecule has 0 unspecified atom stereocenters. The predicted octanol–water partition coefficient (Wildman–Crippen LogP) is 3.06. The van der Waals surface area contributed by atoms with E-state index in [4.69, 9.17) is 0 Å². The van der Waals surface area contributed by atoms with E-state index in [2.05, 4.69) is 40.1 Å². The molecule has 1 amide bonds. The van der Waals surface area contributed by atoms with Crippen LogP contribution in [0.25, 0.3) is 0 Å². The number of anilines is 1. The van der Waals surface area contributed by atoms with Gasteiger partial charge in [-0.3, -0.25) is 4.79 Å². The molecule has 1 heterocycles. The number of rotatable bonds is 3. The van der Waals surface area contributed by atoms with Crippen molar-refractivity contribution in [3.8, 4) is 0 Å². The molecule has 14 heavy (non-hydrogen) atoms. The molecule has 0 aliphatic carbocycles. The van der Waals surface area contributed by atoms with Gasteiger partial charge in [-0.2, -0.15) is 0 Å². The summed E-state index contributed by atoms with van der Waals surface area (Å²) in [6, 6.07) is 0. The average molecular weight is 277 g/mol. The summed E-state index contributed by atoms with van der Waals surface area (Å²) in [4.78, 5) is 16.2. The lowest BCUT2D eigenvalue weighted by Gasteiger charge is -2.00. The van der Waals surface area contributed by atoms with Crippen LogP contribution in [0, 0.1) is 5.92 Å². The second-order valence-corrected chi connectivity index (χ2v) is 5.35. The van der Waals surface area contributed by atoms with Gasteiger partial charge in [-0.05, 0) is 28.3 Å². The normalized spacial score (nSPS) is 10.6. The van der Waals surface area contributed by atoms with Crippen LogP contribution in [0.1, 0.15) is 25.6 Å². The lowest BCUT2D eigenvalue weighted by atomic mass is 10.1. The van der Waals surface area contributed by atoms with Gasteiger partial charge in [0.05, 0.1) is 0 Å². The molecule has 0 radical (unpaired) electrons. The summed E-state index contributed by atoms with van der Waals surface area (Å²) < 4.78 is 0.847. The van der Waals surface area contributed by atoms with Gasteiger partial charge < -0.3 is 5.32 Å². The van der Waals surface area contributed by atoms with Gasteiger partial charge in [-0.25, -0.2) is 4.98 Å². The number of nitrogens with zero attached hydrogens (tertiary/aromatic N) is 1. The van der Waals surface area contributed by atoms with Crippen LogP contribution in [0.5, 0.6) is 0 Å². The van der Waals surface area contributed by atoms with Gasteiger partial charge in [0.2, 0.25) is 5.91 Å². The number of carbonyl (C=O) groups is 1. The van der Waals surface area contributed by atoms with Gasteiger partial charge in [-0.1, -0.05) is 13.8 Å². The fraction of sp³-hybridized carbons (Fsp3) is 0.556. The zero-order valence-electron chi connectivity index (χ0n) is 8.43. The van der Waals surface area contributed by atoms with Crippen molar-refractivity contribution in [2.75, 3.05) is 5.32 Å². The molecule has 0 atom stereocenters. The monoisotopic (exact) mass is 276 g/mol. The molecule has 0 saturated heterocycles. The van der Waals surface area contributed by atoms with E-state index in [0.29, 0.717) is 11.0 Å². The summed E-state index contributed by atoms with van der Waals surface area (Å²) in [5, 5.41) is 3.34. The number of halogens is 1. The highest BCUT2D eigenvalue weighted by Crippen LogP contribution is 2.29. The Morgan fingerprint density at radius 1 is 1.64 bits per heavy atom. The highest BCUT2D eigenvalue weighted by atomic mass is 79.9. The fourth-order valence-corrected chi connectivity index (χ4v) is 2.84. The van der Waals surface area contributed by atoms with Crippen LogP contribution in [0.2, 0.25) is 0 Å². The lowest BCUT2D eigenvalue weighted by Crippen LogP contribution is -2.04. The van der Waals surface area contributed by atoms with Gasteiger partial charge in [0.1, 0.15) is 4.60 Å². The number of hydrogen-bond donors (Lipinski definition) is 1. The second kappa shape index (κ2) is 4.89. The lowest BCUT2D eigenvalue weighted by molar-refractivity contribution is -0.114. The Labute approximate surface area is 96.1 Å². The van der Waals surface area contributed by atoms with Gasteiger partial charge in [0.15, 0.2) is 5.13 Å². The van der Waals surface area contributed by atoms with Crippen molar-refractivity contribution in [1.82, 2.24) is 4.98 Å². The SMILES string of the molecule is CC(=O)Nc1nc(Br)c(CC(C)C)s1. The molecule has 0 spiro atoms. The van der Waals surface area contributed by atoms with Crippen molar-refractivity contribution in [3.05, 3.63) is 9.48 Å². The summed E-state index contributed by atoms with van der Waals surface area (Å²) in [6.07, 6.45) is 0.984. The topological polar surface area (TPSA) is 42.0 Å². The molecule has 1 rings (SSSR count). The molecule has 1 N–H and O–H groups in total. The van der Waals surface area contributed by atoms with E-state index < -0.39 is 0 Å². The Morgan fingerprint density at radius 2 is 2.29 bits per heavy atom. The van der Waals surface area contributed by atoms with Crippen LogP contribution in [-0.2, 0) is 11.2 Å². The first-order valence-corrected chi connectivity index (χ1v) is 6.02. The molecule has 1 aromatic heterocycles. The third-order valence-corrected chi connectivity index (χ3v) is 3.44. The van der Waals surface area contributed by atoms with E-state index in [-0.39, 0.29) is 5.91 Å². The van der Waals surface area contributed by atoms with E-state index in [1.807, 2.05) is 0 Å². The Bertz CT molecular complexity index is 336. The van der Waals surface area contributed by atoms with Gasteiger partial charge in [-0.15, -0.1) is 11.3 Å². The number of nitrogens with one attached hydrogen (secondary N) is 1. The molecule has 0 aliphatic rings. The molecular weight excluding hydrogens is 264 g/mol. The molecule has 0 aromatic carbocycles. The van der Waals surface area contributed by atoms with E-state index >= 15 is 0 Å². The van der Waals surface area contributed by atoms with Crippen LogP contribution in [0.15, 0.2) is 4.60 Å². The highest BCUT2D eigenvalue weighted by molar-refractivity contribution is 9.10. The minimum Gasteiger partial charge on any atom is -0.302 e. The maximum atomic E-state index is 10.8. The summed E-state index contributed by atoms with van der Waals surface area (Å²) in [7, 11) is 0. The molecular formula is C9H13BrN2OS. The van der Waals surface area contributed by atoms with Crippen LogP contribution in [-0.4, -0.2) is 10.9 Å². The molecule has 78 valence electrons. The third-order valence-electron chi connectivity index (χ3n) is 1.53. The Balaban J connectivity index is 2.76. The smallest absolute Gasteiger partial charge is 0.223 e. The average Bonchev–Trinajstić information content (AvgIpc) is 2.28. The van der Waals surface area contributed by atoms with Crippen molar-refractivity contribution in [2.45, 2.75) is 27.2 Å². The van der Waals surface area contributed by atoms with Crippen LogP contribution >= 0.6 is 27.3 Å². The van der Waals surface area contributed by atoms with Crippen molar-refractivity contribution in [2.24, 2.45) is 5.92 Å². The van der Waals surface area contributed by atoms with E-state index in [1.165, 1.54) is 23.1 Å². The summed E-state index contributed by atoms with van der Waals surface area (Å²) in [6.45, 7) is 5.80. The largest absolute Gasteiger partial charge is 0.302 e.